The van der Waals surface area contributed by atoms with E-state index in [1.807, 2.05) is 0 Å². The van der Waals surface area contributed by atoms with Crippen LogP contribution in [0.3, 0.4) is 0 Å². The summed E-state index contributed by atoms with van der Waals surface area (Å²) in [5, 5.41) is 14.0. The first-order valence-corrected chi connectivity index (χ1v) is 9.38. The lowest BCUT2D eigenvalue weighted by molar-refractivity contribution is -0.128. The summed E-state index contributed by atoms with van der Waals surface area (Å²) in [5.41, 5.74) is 6.74. The molecule has 3 atom stereocenters. The molecular formula is C18H24Cl2N2O2. The number of fused-ring (bicyclic) bond motifs is 2. The maximum absolute atomic E-state index is 12.5. The average molecular weight is 371 g/mol. The van der Waals surface area contributed by atoms with E-state index in [2.05, 4.69) is 5.32 Å². The third-order valence-electron chi connectivity index (χ3n) is 5.59. The Labute approximate surface area is 152 Å². The summed E-state index contributed by atoms with van der Waals surface area (Å²) in [6.07, 6.45) is 4.26. The van der Waals surface area contributed by atoms with E-state index < -0.39 is 6.10 Å². The van der Waals surface area contributed by atoms with Gasteiger partial charge in [0.25, 0.3) is 0 Å². The van der Waals surface area contributed by atoms with Crippen LogP contribution in [0.4, 0.5) is 0 Å². The molecule has 0 saturated heterocycles. The van der Waals surface area contributed by atoms with Gasteiger partial charge in [0, 0.05) is 34.1 Å². The number of carbonyl (C=O) groups excluding carboxylic acids is 1. The fourth-order valence-corrected chi connectivity index (χ4v) is 4.93. The predicted molar refractivity (Wildman–Crippen MR) is 96.0 cm³/mol. The van der Waals surface area contributed by atoms with Gasteiger partial charge in [-0.25, -0.2) is 0 Å². The van der Waals surface area contributed by atoms with Gasteiger partial charge in [0.2, 0.25) is 5.91 Å². The third-order valence-corrected chi connectivity index (χ3v) is 6.25. The zero-order chi connectivity index (χ0) is 17.3. The highest BCUT2D eigenvalue weighted by Gasteiger charge is 2.40. The second kappa shape index (κ2) is 7.61. The number of nitrogens with one attached hydrogen (secondary N) is 1. The van der Waals surface area contributed by atoms with E-state index in [0.717, 1.165) is 25.7 Å². The Hall–Kier alpha value is -0.810. The van der Waals surface area contributed by atoms with Crippen molar-refractivity contribution in [3.05, 3.63) is 33.8 Å². The quantitative estimate of drug-likeness (QED) is 0.760. The fraction of sp³-hybridized carbons (Fsp3) is 0.611. The molecular weight excluding hydrogens is 347 g/mol. The van der Waals surface area contributed by atoms with E-state index in [4.69, 9.17) is 28.9 Å². The van der Waals surface area contributed by atoms with Crippen LogP contribution >= 0.6 is 23.2 Å². The maximum atomic E-state index is 12.5. The summed E-state index contributed by atoms with van der Waals surface area (Å²) >= 11 is 12.2. The molecule has 3 unspecified atom stereocenters. The van der Waals surface area contributed by atoms with Crippen molar-refractivity contribution in [1.82, 2.24) is 5.32 Å². The van der Waals surface area contributed by atoms with E-state index >= 15 is 0 Å². The van der Waals surface area contributed by atoms with Gasteiger partial charge in [0.15, 0.2) is 0 Å². The Kier molecular flexibility index (Phi) is 5.70. The highest BCUT2D eigenvalue weighted by molar-refractivity contribution is 6.36. The number of aliphatic hydroxyl groups is 1. The van der Waals surface area contributed by atoms with Crippen molar-refractivity contribution in [3.8, 4) is 0 Å². The molecule has 4 N–H and O–H groups in total. The Morgan fingerprint density at radius 3 is 2.42 bits per heavy atom. The van der Waals surface area contributed by atoms with Crippen LogP contribution < -0.4 is 11.1 Å². The molecule has 2 aliphatic carbocycles. The van der Waals surface area contributed by atoms with Gasteiger partial charge in [-0.1, -0.05) is 35.7 Å². The number of aliphatic hydroxyl groups excluding tert-OH is 1. The largest absolute Gasteiger partial charge is 0.386 e. The normalized spacial score (nSPS) is 30.7. The summed E-state index contributed by atoms with van der Waals surface area (Å²) in [4.78, 5) is 12.5. The van der Waals surface area contributed by atoms with Crippen LogP contribution in [0.1, 0.15) is 43.8 Å². The highest BCUT2D eigenvalue weighted by atomic mass is 35.5. The van der Waals surface area contributed by atoms with Crippen molar-refractivity contribution >= 4 is 29.1 Å². The molecule has 24 heavy (non-hydrogen) atoms. The minimum atomic E-state index is -0.916. The number of benzene rings is 1. The van der Waals surface area contributed by atoms with Gasteiger partial charge in [-0.2, -0.15) is 0 Å². The van der Waals surface area contributed by atoms with Crippen LogP contribution in [0.25, 0.3) is 0 Å². The number of halogens is 2. The summed E-state index contributed by atoms with van der Waals surface area (Å²) in [6.45, 7) is 0.111. The van der Waals surface area contributed by atoms with Crippen LogP contribution in [0.2, 0.25) is 10.0 Å². The average Bonchev–Trinajstić information content (AvgIpc) is 2.52. The molecule has 0 aromatic heterocycles. The summed E-state index contributed by atoms with van der Waals surface area (Å²) in [5.74, 6) is 0.905. The Bertz CT molecular complexity index is 576. The molecule has 1 aromatic rings. The Balaban J connectivity index is 1.58. The molecule has 3 rings (SSSR count). The van der Waals surface area contributed by atoms with Gasteiger partial charge >= 0.3 is 0 Å². The zero-order valence-corrected chi connectivity index (χ0v) is 15.1. The van der Waals surface area contributed by atoms with Crippen molar-refractivity contribution in [1.29, 1.82) is 0 Å². The van der Waals surface area contributed by atoms with E-state index in [1.54, 1.807) is 18.2 Å². The van der Waals surface area contributed by atoms with Crippen LogP contribution in [-0.4, -0.2) is 23.6 Å². The number of carbonyl (C=O) groups is 1. The maximum Gasteiger partial charge on any atom is 0.223 e. The first-order valence-electron chi connectivity index (χ1n) is 8.62. The topological polar surface area (TPSA) is 75.4 Å². The van der Waals surface area contributed by atoms with Crippen molar-refractivity contribution in [2.24, 2.45) is 23.5 Å². The molecule has 0 heterocycles. The fourth-order valence-electron chi connectivity index (χ4n) is 4.28. The first-order chi connectivity index (χ1) is 11.5. The van der Waals surface area contributed by atoms with Crippen LogP contribution in [0.15, 0.2) is 18.2 Å². The van der Waals surface area contributed by atoms with Gasteiger partial charge in [0.05, 0.1) is 6.10 Å². The van der Waals surface area contributed by atoms with Crippen molar-refractivity contribution in [2.45, 2.75) is 44.2 Å². The van der Waals surface area contributed by atoms with Gasteiger partial charge in [-0.15, -0.1) is 0 Å². The molecule has 2 aliphatic rings. The van der Waals surface area contributed by atoms with Gasteiger partial charge in [-0.05, 0) is 49.7 Å². The SMILES string of the molecule is NC1C2CCCC1CC(C(=O)NCC(O)c1c(Cl)cccc1Cl)C2. The second-order valence-electron chi connectivity index (χ2n) is 7.09. The second-order valence-corrected chi connectivity index (χ2v) is 7.91. The summed E-state index contributed by atoms with van der Waals surface area (Å²) in [6, 6.07) is 5.33. The van der Waals surface area contributed by atoms with Gasteiger partial charge in [0.1, 0.15) is 0 Å². The lowest BCUT2D eigenvalue weighted by Gasteiger charge is -2.43. The van der Waals surface area contributed by atoms with Gasteiger partial charge < -0.3 is 16.2 Å². The van der Waals surface area contributed by atoms with E-state index in [1.165, 1.54) is 6.42 Å². The minimum absolute atomic E-state index is 0.000950. The number of hydrogen-bond donors (Lipinski definition) is 3. The standard InChI is InChI=1S/C18H24Cl2N2O2/c19-13-5-2-6-14(20)16(13)15(23)9-22-18(24)12-7-10-3-1-4-11(8-12)17(10)21/h2,5-6,10-12,15,17,23H,1,3-4,7-9,21H2,(H,22,24). The highest BCUT2D eigenvalue weighted by Crippen LogP contribution is 2.42. The molecule has 1 aromatic carbocycles. The number of nitrogens with two attached hydrogens (primary N) is 1. The van der Waals surface area contributed by atoms with Crippen molar-refractivity contribution in [2.75, 3.05) is 6.54 Å². The zero-order valence-electron chi connectivity index (χ0n) is 13.6. The van der Waals surface area contributed by atoms with E-state index in [9.17, 15) is 9.90 Å². The van der Waals surface area contributed by atoms with E-state index in [0.29, 0.717) is 27.4 Å². The molecule has 2 fully saturated rings. The van der Waals surface area contributed by atoms with Crippen molar-refractivity contribution < 1.29 is 9.90 Å². The number of rotatable bonds is 4. The molecule has 6 heteroatoms. The molecule has 1 amide bonds. The molecule has 4 nitrogen and oxygen atoms in total. The molecule has 132 valence electrons. The summed E-state index contributed by atoms with van der Waals surface area (Å²) in [7, 11) is 0. The van der Waals surface area contributed by atoms with Crippen LogP contribution in [0.5, 0.6) is 0 Å². The Morgan fingerprint density at radius 1 is 1.25 bits per heavy atom. The third kappa shape index (κ3) is 3.72. The van der Waals surface area contributed by atoms with Gasteiger partial charge in [-0.3, -0.25) is 4.79 Å². The molecule has 0 aliphatic heterocycles. The summed E-state index contributed by atoms with van der Waals surface area (Å²) < 4.78 is 0. The van der Waals surface area contributed by atoms with Crippen LogP contribution in [0, 0.1) is 17.8 Å². The van der Waals surface area contributed by atoms with E-state index in [-0.39, 0.29) is 24.4 Å². The lowest BCUT2D eigenvalue weighted by Crippen LogP contribution is -2.49. The lowest BCUT2D eigenvalue weighted by atomic mass is 9.65. The first kappa shape index (κ1) is 18.0. The smallest absolute Gasteiger partial charge is 0.223 e. The number of hydrogen-bond acceptors (Lipinski definition) is 3. The Morgan fingerprint density at radius 2 is 1.83 bits per heavy atom. The number of amides is 1. The predicted octanol–water partition coefficient (Wildman–Crippen LogP) is 3.30. The van der Waals surface area contributed by atoms with Crippen molar-refractivity contribution in [3.63, 3.8) is 0 Å². The molecule has 0 spiro atoms. The minimum Gasteiger partial charge on any atom is -0.386 e. The molecule has 2 saturated carbocycles. The molecule has 2 bridgehead atoms. The monoisotopic (exact) mass is 370 g/mol. The molecule has 0 radical (unpaired) electrons. The van der Waals surface area contributed by atoms with Crippen LogP contribution in [-0.2, 0) is 4.79 Å².